The van der Waals surface area contributed by atoms with Crippen LogP contribution < -0.4 is 10.1 Å². The largest absolute Gasteiger partial charge is 0.494 e. The molecule has 1 aliphatic rings. The predicted octanol–water partition coefficient (Wildman–Crippen LogP) is 2.11. The van der Waals surface area contributed by atoms with Crippen molar-refractivity contribution in [3.05, 3.63) is 30.0 Å². The first kappa shape index (κ1) is 15.3. The summed E-state index contributed by atoms with van der Waals surface area (Å²) in [5.41, 5.74) is 2.74. The summed E-state index contributed by atoms with van der Waals surface area (Å²) >= 11 is 0. The molecule has 1 fully saturated rings. The third-order valence-electron chi connectivity index (χ3n) is 4.06. The Balaban J connectivity index is 1.81. The number of carbonyl (C=O) groups excluding carboxylic acids is 2. The molecule has 1 aromatic heterocycles. The van der Waals surface area contributed by atoms with Crippen molar-refractivity contribution in [2.75, 3.05) is 25.5 Å². The number of pyridine rings is 1. The maximum Gasteiger partial charge on any atom is 0.229 e. The summed E-state index contributed by atoms with van der Waals surface area (Å²) in [6, 6.07) is 5.77. The van der Waals surface area contributed by atoms with Gasteiger partial charge in [0.1, 0.15) is 11.3 Å². The summed E-state index contributed by atoms with van der Waals surface area (Å²) in [5, 5.41) is 4.30. The highest BCUT2D eigenvalue weighted by Crippen LogP contribution is 2.31. The average Bonchev–Trinajstić information content (AvgIpc) is 2.87. The van der Waals surface area contributed by atoms with E-state index in [0.29, 0.717) is 25.9 Å². The molecule has 1 saturated heterocycles. The predicted molar refractivity (Wildman–Crippen MR) is 87.5 cm³/mol. The standard InChI is InChI=1S/C17H19N3O3/c1-11-10-19-17-12(4-3-5-13(17)23-2)16(11)18-8-9-20-14(21)6-7-15(20)22/h3-5,10H,6-9H2,1-2H3,(H,18,19). The Morgan fingerprint density at radius 1 is 1.26 bits per heavy atom. The van der Waals surface area contributed by atoms with Crippen molar-refractivity contribution < 1.29 is 14.3 Å². The Bertz CT molecular complexity index is 757. The van der Waals surface area contributed by atoms with Crippen LogP contribution in [0, 0.1) is 6.92 Å². The Morgan fingerprint density at radius 2 is 2.00 bits per heavy atom. The normalized spacial score (nSPS) is 14.6. The zero-order valence-electron chi connectivity index (χ0n) is 13.3. The maximum absolute atomic E-state index is 11.6. The van der Waals surface area contributed by atoms with E-state index in [1.165, 1.54) is 4.90 Å². The summed E-state index contributed by atoms with van der Waals surface area (Å²) in [6.07, 6.45) is 2.44. The Kier molecular flexibility index (Phi) is 4.14. The van der Waals surface area contributed by atoms with Crippen molar-refractivity contribution in [3.63, 3.8) is 0 Å². The van der Waals surface area contributed by atoms with Gasteiger partial charge in [0.25, 0.3) is 0 Å². The summed E-state index contributed by atoms with van der Waals surface area (Å²) in [6.45, 7) is 2.86. The number of likely N-dealkylation sites (tertiary alicyclic amines) is 1. The molecule has 0 unspecified atom stereocenters. The first-order chi connectivity index (χ1) is 11.1. The molecule has 0 bridgehead atoms. The number of aromatic nitrogens is 1. The highest BCUT2D eigenvalue weighted by Gasteiger charge is 2.28. The van der Waals surface area contributed by atoms with Crippen molar-refractivity contribution in [2.45, 2.75) is 19.8 Å². The molecule has 0 saturated carbocycles. The van der Waals surface area contributed by atoms with Gasteiger partial charge in [0.05, 0.1) is 7.11 Å². The summed E-state index contributed by atoms with van der Waals surface area (Å²) < 4.78 is 5.35. The highest BCUT2D eigenvalue weighted by atomic mass is 16.5. The van der Waals surface area contributed by atoms with Crippen molar-refractivity contribution in [1.29, 1.82) is 0 Å². The van der Waals surface area contributed by atoms with E-state index in [1.54, 1.807) is 13.3 Å². The highest BCUT2D eigenvalue weighted by molar-refractivity contribution is 6.02. The number of ether oxygens (including phenoxy) is 1. The van der Waals surface area contributed by atoms with E-state index in [1.807, 2.05) is 25.1 Å². The van der Waals surface area contributed by atoms with Crippen LogP contribution in [0.1, 0.15) is 18.4 Å². The number of para-hydroxylation sites is 1. The number of aryl methyl sites for hydroxylation is 1. The molecule has 0 spiro atoms. The Morgan fingerprint density at radius 3 is 2.70 bits per heavy atom. The van der Waals surface area contributed by atoms with E-state index in [-0.39, 0.29) is 11.8 Å². The molecule has 1 aromatic carbocycles. The van der Waals surface area contributed by atoms with Gasteiger partial charge in [0.15, 0.2) is 0 Å². The van der Waals surface area contributed by atoms with E-state index in [2.05, 4.69) is 10.3 Å². The minimum Gasteiger partial charge on any atom is -0.494 e. The smallest absolute Gasteiger partial charge is 0.229 e. The maximum atomic E-state index is 11.6. The number of nitrogens with one attached hydrogen (secondary N) is 1. The Labute approximate surface area is 134 Å². The van der Waals surface area contributed by atoms with Gasteiger partial charge in [0, 0.05) is 43.2 Å². The van der Waals surface area contributed by atoms with E-state index in [4.69, 9.17) is 4.74 Å². The summed E-state index contributed by atoms with van der Waals surface area (Å²) in [5.74, 6) is 0.542. The summed E-state index contributed by atoms with van der Waals surface area (Å²) in [4.78, 5) is 29.0. The van der Waals surface area contributed by atoms with Crippen LogP contribution in [0.4, 0.5) is 5.69 Å². The molecular formula is C17H19N3O3. The van der Waals surface area contributed by atoms with Gasteiger partial charge in [-0.05, 0) is 18.6 Å². The second-order valence-electron chi connectivity index (χ2n) is 5.54. The lowest BCUT2D eigenvalue weighted by atomic mass is 10.1. The average molecular weight is 313 g/mol. The first-order valence-corrected chi connectivity index (χ1v) is 7.61. The lowest BCUT2D eigenvalue weighted by molar-refractivity contribution is -0.138. The quantitative estimate of drug-likeness (QED) is 0.856. The molecule has 0 atom stereocenters. The van der Waals surface area contributed by atoms with Crippen molar-refractivity contribution in [1.82, 2.24) is 9.88 Å². The van der Waals surface area contributed by atoms with Gasteiger partial charge in [-0.3, -0.25) is 19.5 Å². The summed E-state index contributed by atoms with van der Waals surface area (Å²) in [7, 11) is 1.62. The zero-order valence-corrected chi connectivity index (χ0v) is 13.3. The number of rotatable bonds is 5. The molecule has 2 heterocycles. The number of methoxy groups -OCH3 is 1. The first-order valence-electron chi connectivity index (χ1n) is 7.61. The third-order valence-corrected chi connectivity index (χ3v) is 4.06. The lowest BCUT2D eigenvalue weighted by Gasteiger charge is -2.17. The van der Waals surface area contributed by atoms with Crippen LogP contribution in [0.3, 0.4) is 0 Å². The van der Waals surface area contributed by atoms with Crippen molar-refractivity contribution in [2.24, 2.45) is 0 Å². The van der Waals surface area contributed by atoms with E-state index < -0.39 is 0 Å². The van der Waals surface area contributed by atoms with Gasteiger partial charge in [-0.1, -0.05) is 12.1 Å². The molecule has 6 nitrogen and oxygen atoms in total. The van der Waals surface area contributed by atoms with Crippen LogP contribution in [0.2, 0.25) is 0 Å². The van der Waals surface area contributed by atoms with Crippen LogP contribution >= 0.6 is 0 Å². The van der Waals surface area contributed by atoms with Crippen LogP contribution in [0.15, 0.2) is 24.4 Å². The number of nitrogens with zero attached hydrogens (tertiary/aromatic N) is 2. The fourth-order valence-corrected chi connectivity index (χ4v) is 2.86. The molecule has 0 radical (unpaired) electrons. The molecule has 2 amide bonds. The lowest BCUT2D eigenvalue weighted by Crippen LogP contribution is -2.33. The minimum absolute atomic E-state index is 0.0882. The van der Waals surface area contributed by atoms with Gasteiger partial charge in [0.2, 0.25) is 11.8 Å². The fourth-order valence-electron chi connectivity index (χ4n) is 2.86. The number of amides is 2. The van der Waals surface area contributed by atoms with Gasteiger partial charge < -0.3 is 10.1 Å². The number of hydrogen-bond donors (Lipinski definition) is 1. The van der Waals surface area contributed by atoms with Gasteiger partial charge in [-0.15, -0.1) is 0 Å². The van der Waals surface area contributed by atoms with E-state index >= 15 is 0 Å². The van der Waals surface area contributed by atoms with E-state index in [0.717, 1.165) is 27.9 Å². The SMILES string of the molecule is COc1cccc2c(NCCN3C(=O)CCC3=O)c(C)cnc12. The number of anilines is 1. The minimum atomic E-state index is -0.0882. The molecule has 3 rings (SSSR count). The van der Waals surface area contributed by atoms with Crippen molar-refractivity contribution >= 4 is 28.4 Å². The molecule has 6 heteroatoms. The topological polar surface area (TPSA) is 71.5 Å². The molecular weight excluding hydrogens is 294 g/mol. The number of hydrogen-bond acceptors (Lipinski definition) is 5. The molecule has 120 valence electrons. The molecule has 0 aliphatic carbocycles. The number of fused-ring (bicyclic) bond motifs is 1. The van der Waals surface area contributed by atoms with Gasteiger partial charge in [-0.25, -0.2) is 0 Å². The Hall–Kier alpha value is -2.63. The second-order valence-corrected chi connectivity index (χ2v) is 5.54. The van der Waals surface area contributed by atoms with Crippen molar-refractivity contribution in [3.8, 4) is 5.75 Å². The number of imide groups is 1. The second kappa shape index (κ2) is 6.24. The molecule has 1 aliphatic heterocycles. The number of carbonyl (C=O) groups is 2. The third kappa shape index (κ3) is 2.84. The molecule has 1 N–H and O–H groups in total. The molecule has 23 heavy (non-hydrogen) atoms. The van der Waals surface area contributed by atoms with E-state index in [9.17, 15) is 9.59 Å². The van der Waals surface area contributed by atoms with Gasteiger partial charge in [-0.2, -0.15) is 0 Å². The van der Waals surface area contributed by atoms with Crippen LogP contribution in [0.5, 0.6) is 5.75 Å². The van der Waals surface area contributed by atoms with Gasteiger partial charge >= 0.3 is 0 Å². The van der Waals surface area contributed by atoms with Crippen LogP contribution in [0.25, 0.3) is 10.9 Å². The van der Waals surface area contributed by atoms with Crippen LogP contribution in [-0.4, -0.2) is 41.9 Å². The van der Waals surface area contributed by atoms with Crippen LogP contribution in [-0.2, 0) is 9.59 Å². The number of benzene rings is 1. The zero-order chi connectivity index (χ0) is 16.4. The molecule has 2 aromatic rings. The fraction of sp³-hybridized carbons (Fsp3) is 0.353. The monoisotopic (exact) mass is 313 g/mol.